The molecule has 0 aliphatic rings. The fraction of sp³-hybridized carbons (Fsp3) is 0.0769. The smallest absolute Gasteiger partial charge is 0.280 e. The standard InChI is InChI=1S/C13H10ClN3O4S/c14-10-5-11-9(4-12(10)22(15,19)20)13(18)16-7-17(11)6-8-2-1-3-21-8/h1-5,7H,6H2,(H2,15,19,20). The second-order valence-corrected chi connectivity index (χ2v) is 6.54. The number of sulfonamides is 1. The number of fused-ring (bicyclic) bond motifs is 1. The number of hydrogen-bond donors (Lipinski definition) is 1. The van der Waals surface area contributed by atoms with Crippen LogP contribution in [0.1, 0.15) is 5.76 Å². The lowest BCUT2D eigenvalue weighted by molar-refractivity contribution is 0.495. The summed E-state index contributed by atoms with van der Waals surface area (Å²) in [6.07, 6.45) is 2.87. The van der Waals surface area contributed by atoms with Crippen molar-refractivity contribution in [2.24, 2.45) is 5.14 Å². The summed E-state index contributed by atoms with van der Waals surface area (Å²) < 4.78 is 29.9. The van der Waals surface area contributed by atoms with Gasteiger partial charge in [-0.3, -0.25) is 4.79 Å². The maximum absolute atomic E-state index is 11.9. The Labute approximate surface area is 130 Å². The molecule has 0 unspecified atom stereocenters. The Hall–Kier alpha value is -2.16. The molecule has 0 saturated carbocycles. The van der Waals surface area contributed by atoms with E-state index >= 15 is 0 Å². The van der Waals surface area contributed by atoms with Crippen LogP contribution < -0.4 is 10.7 Å². The summed E-state index contributed by atoms with van der Waals surface area (Å²) in [6, 6.07) is 6.02. The number of benzene rings is 1. The van der Waals surface area contributed by atoms with Crippen molar-refractivity contribution < 1.29 is 12.8 Å². The van der Waals surface area contributed by atoms with Crippen molar-refractivity contribution in [1.29, 1.82) is 0 Å². The van der Waals surface area contributed by atoms with Crippen LogP contribution in [-0.4, -0.2) is 18.0 Å². The first-order valence-electron chi connectivity index (χ1n) is 6.10. The van der Waals surface area contributed by atoms with Crippen LogP contribution in [0, 0.1) is 0 Å². The molecule has 114 valence electrons. The molecule has 0 atom stereocenters. The molecule has 0 amide bonds. The van der Waals surface area contributed by atoms with Crippen molar-refractivity contribution in [2.45, 2.75) is 11.4 Å². The van der Waals surface area contributed by atoms with E-state index in [-0.39, 0.29) is 15.3 Å². The second kappa shape index (κ2) is 5.24. The summed E-state index contributed by atoms with van der Waals surface area (Å²) in [5.74, 6) is 0.651. The Kier molecular flexibility index (Phi) is 3.51. The highest BCUT2D eigenvalue weighted by molar-refractivity contribution is 7.89. The van der Waals surface area contributed by atoms with E-state index < -0.39 is 15.6 Å². The number of rotatable bonds is 3. The van der Waals surface area contributed by atoms with E-state index in [2.05, 4.69) is 4.98 Å². The Morgan fingerprint density at radius 2 is 2.14 bits per heavy atom. The molecular formula is C13H10ClN3O4S. The molecule has 1 aromatic carbocycles. The van der Waals surface area contributed by atoms with Crippen LogP contribution in [0.2, 0.25) is 5.02 Å². The van der Waals surface area contributed by atoms with Gasteiger partial charge in [-0.05, 0) is 24.3 Å². The minimum atomic E-state index is -4.03. The summed E-state index contributed by atoms with van der Waals surface area (Å²) in [4.78, 5) is 15.3. The van der Waals surface area contributed by atoms with Gasteiger partial charge in [0.05, 0.1) is 35.1 Å². The minimum absolute atomic E-state index is 0.0613. The third-order valence-corrected chi connectivity index (χ3v) is 4.49. The first-order chi connectivity index (χ1) is 10.4. The number of nitrogens with zero attached hydrogens (tertiary/aromatic N) is 2. The SMILES string of the molecule is NS(=O)(=O)c1cc2c(=O)ncn(Cc3ccco3)c2cc1Cl. The molecule has 3 aromatic rings. The average Bonchev–Trinajstić information content (AvgIpc) is 2.93. The molecule has 9 heteroatoms. The van der Waals surface area contributed by atoms with Crippen molar-refractivity contribution >= 4 is 32.5 Å². The van der Waals surface area contributed by atoms with E-state index in [9.17, 15) is 13.2 Å². The fourth-order valence-electron chi connectivity index (χ4n) is 2.12. The highest BCUT2D eigenvalue weighted by Gasteiger charge is 2.17. The van der Waals surface area contributed by atoms with Gasteiger partial charge in [0.25, 0.3) is 5.56 Å². The number of furan rings is 1. The molecule has 2 N–H and O–H groups in total. The summed E-state index contributed by atoms with van der Waals surface area (Å²) in [7, 11) is -4.03. The van der Waals surface area contributed by atoms with Crippen molar-refractivity contribution in [1.82, 2.24) is 9.55 Å². The Morgan fingerprint density at radius 1 is 1.36 bits per heavy atom. The van der Waals surface area contributed by atoms with Gasteiger partial charge >= 0.3 is 0 Å². The highest BCUT2D eigenvalue weighted by atomic mass is 35.5. The van der Waals surface area contributed by atoms with E-state index in [0.717, 1.165) is 6.07 Å². The van der Waals surface area contributed by atoms with Gasteiger partial charge in [0.15, 0.2) is 0 Å². The van der Waals surface area contributed by atoms with Gasteiger partial charge in [-0.25, -0.2) is 13.6 Å². The van der Waals surface area contributed by atoms with Gasteiger partial charge in [0.1, 0.15) is 10.7 Å². The molecule has 2 heterocycles. The monoisotopic (exact) mass is 339 g/mol. The molecule has 0 saturated heterocycles. The lowest BCUT2D eigenvalue weighted by atomic mass is 10.2. The quantitative estimate of drug-likeness (QED) is 0.774. The van der Waals surface area contributed by atoms with Crippen LogP contribution in [-0.2, 0) is 16.6 Å². The van der Waals surface area contributed by atoms with Gasteiger partial charge in [-0.2, -0.15) is 4.98 Å². The van der Waals surface area contributed by atoms with Gasteiger partial charge in [-0.1, -0.05) is 11.6 Å². The van der Waals surface area contributed by atoms with Crippen LogP contribution in [0.15, 0.2) is 51.0 Å². The molecular weight excluding hydrogens is 330 g/mol. The van der Waals surface area contributed by atoms with Gasteiger partial charge in [0, 0.05) is 0 Å². The molecule has 0 radical (unpaired) electrons. The molecule has 0 aliphatic heterocycles. The first kappa shape index (κ1) is 14.8. The predicted molar refractivity (Wildman–Crippen MR) is 80.2 cm³/mol. The van der Waals surface area contributed by atoms with Crippen molar-refractivity contribution in [3.05, 3.63) is 58.0 Å². The number of primary sulfonamides is 1. The van der Waals surface area contributed by atoms with Gasteiger partial charge in [-0.15, -0.1) is 0 Å². The summed E-state index contributed by atoms with van der Waals surface area (Å²) >= 11 is 5.98. The van der Waals surface area contributed by atoms with E-state index in [0.29, 0.717) is 17.8 Å². The molecule has 7 nitrogen and oxygen atoms in total. The van der Waals surface area contributed by atoms with Gasteiger partial charge < -0.3 is 8.98 Å². The highest BCUT2D eigenvalue weighted by Crippen LogP contribution is 2.25. The molecule has 0 fully saturated rings. The first-order valence-corrected chi connectivity index (χ1v) is 8.02. The largest absolute Gasteiger partial charge is 0.467 e. The van der Waals surface area contributed by atoms with Crippen molar-refractivity contribution in [3.8, 4) is 0 Å². The zero-order valence-electron chi connectivity index (χ0n) is 11.1. The number of aromatic nitrogens is 2. The summed E-state index contributed by atoms with van der Waals surface area (Å²) in [5, 5.41) is 5.14. The van der Waals surface area contributed by atoms with Gasteiger partial charge in [0.2, 0.25) is 10.0 Å². The van der Waals surface area contributed by atoms with E-state index in [4.69, 9.17) is 21.2 Å². The van der Waals surface area contributed by atoms with Crippen LogP contribution in [0.4, 0.5) is 0 Å². The second-order valence-electron chi connectivity index (χ2n) is 4.60. The number of nitrogens with two attached hydrogens (primary N) is 1. The lowest BCUT2D eigenvalue weighted by Crippen LogP contribution is -2.16. The third-order valence-electron chi connectivity index (χ3n) is 3.12. The van der Waals surface area contributed by atoms with E-state index in [1.165, 1.54) is 18.7 Å². The van der Waals surface area contributed by atoms with Crippen LogP contribution >= 0.6 is 11.6 Å². The summed E-state index contributed by atoms with van der Waals surface area (Å²) in [5.41, 5.74) is -0.124. The minimum Gasteiger partial charge on any atom is -0.467 e. The van der Waals surface area contributed by atoms with Crippen molar-refractivity contribution in [2.75, 3.05) is 0 Å². The lowest BCUT2D eigenvalue weighted by Gasteiger charge is -2.10. The molecule has 0 bridgehead atoms. The number of hydrogen-bond acceptors (Lipinski definition) is 5. The normalized spacial score (nSPS) is 11.9. The van der Waals surface area contributed by atoms with Crippen LogP contribution in [0.3, 0.4) is 0 Å². The third kappa shape index (κ3) is 2.63. The molecule has 22 heavy (non-hydrogen) atoms. The maximum atomic E-state index is 11.9. The topological polar surface area (TPSA) is 108 Å². The van der Waals surface area contributed by atoms with Crippen LogP contribution in [0.5, 0.6) is 0 Å². The number of halogens is 1. The fourth-order valence-corrected chi connectivity index (χ4v) is 3.21. The van der Waals surface area contributed by atoms with Crippen LogP contribution in [0.25, 0.3) is 10.9 Å². The molecule has 3 rings (SSSR count). The molecule has 0 spiro atoms. The predicted octanol–water partition coefficient (Wildman–Crippen LogP) is 1.34. The summed E-state index contributed by atoms with van der Waals surface area (Å²) in [6.45, 7) is 0.321. The molecule has 0 aliphatic carbocycles. The Bertz CT molecular complexity index is 1010. The zero-order chi connectivity index (χ0) is 15.9. The maximum Gasteiger partial charge on any atom is 0.280 e. The Morgan fingerprint density at radius 3 is 2.77 bits per heavy atom. The van der Waals surface area contributed by atoms with Crippen molar-refractivity contribution in [3.63, 3.8) is 0 Å². The Balaban J connectivity index is 2.27. The average molecular weight is 340 g/mol. The van der Waals surface area contributed by atoms with E-state index in [1.807, 2.05) is 0 Å². The molecule has 2 aromatic heterocycles. The van der Waals surface area contributed by atoms with E-state index in [1.54, 1.807) is 16.7 Å². The zero-order valence-corrected chi connectivity index (χ0v) is 12.6.